The fourth-order valence-electron chi connectivity index (χ4n) is 2.75. The maximum atomic E-state index is 13.5. The molecule has 1 aliphatic rings. The number of hydrogen-bond acceptors (Lipinski definition) is 3. The zero-order chi connectivity index (χ0) is 16.2. The van der Waals surface area contributed by atoms with Crippen LogP contribution in [0.2, 0.25) is 0 Å². The molecule has 2 unspecified atom stereocenters. The first-order chi connectivity index (χ1) is 11.1. The van der Waals surface area contributed by atoms with Crippen molar-refractivity contribution in [2.75, 3.05) is 5.75 Å². The van der Waals surface area contributed by atoms with Gasteiger partial charge in [0.2, 0.25) is 5.91 Å². The van der Waals surface area contributed by atoms with Crippen LogP contribution in [0, 0.1) is 5.82 Å². The molecule has 0 aromatic heterocycles. The molecule has 0 spiro atoms. The zero-order valence-electron chi connectivity index (χ0n) is 13.1. The molecular weight excluding hydrogens is 347 g/mol. The highest BCUT2D eigenvalue weighted by Gasteiger charge is 2.25. The highest BCUT2D eigenvalue weighted by Crippen LogP contribution is 2.36. The van der Waals surface area contributed by atoms with Crippen molar-refractivity contribution in [1.29, 1.82) is 0 Å². The van der Waals surface area contributed by atoms with E-state index in [1.54, 1.807) is 17.8 Å². The van der Waals surface area contributed by atoms with Crippen LogP contribution < -0.4 is 11.1 Å². The van der Waals surface area contributed by atoms with Crippen LogP contribution in [0.25, 0.3) is 0 Å². The molecule has 0 saturated carbocycles. The number of benzene rings is 2. The van der Waals surface area contributed by atoms with Crippen LogP contribution in [-0.4, -0.2) is 17.7 Å². The van der Waals surface area contributed by atoms with Crippen molar-refractivity contribution in [2.45, 2.75) is 29.8 Å². The summed E-state index contributed by atoms with van der Waals surface area (Å²) in [6.07, 6.45) is 1.27. The van der Waals surface area contributed by atoms with Gasteiger partial charge in [-0.25, -0.2) is 4.39 Å². The van der Waals surface area contributed by atoms with Gasteiger partial charge in [0.25, 0.3) is 0 Å². The van der Waals surface area contributed by atoms with Crippen molar-refractivity contribution in [1.82, 2.24) is 5.32 Å². The van der Waals surface area contributed by atoms with Gasteiger partial charge in [-0.05, 0) is 42.2 Å². The quantitative estimate of drug-likeness (QED) is 0.871. The normalized spacial score (nSPS) is 17.3. The third-order valence-corrected chi connectivity index (χ3v) is 5.09. The van der Waals surface area contributed by atoms with E-state index in [0.717, 1.165) is 28.2 Å². The van der Waals surface area contributed by atoms with Gasteiger partial charge in [-0.3, -0.25) is 4.79 Å². The maximum absolute atomic E-state index is 13.5. The van der Waals surface area contributed by atoms with Gasteiger partial charge in [-0.2, -0.15) is 0 Å². The Hall–Kier alpha value is -1.56. The number of halogens is 2. The monoisotopic (exact) mass is 366 g/mol. The second kappa shape index (κ2) is 8.51. The molecule has 0 aliphatic carbocycles. The van der Waals surface area contributed by atoms with E-state index in [2.05, 4.69) is 5.32 Å². The molecule has 6 heteroatoms. The second-order valence-corrected chi connectivity index (χ2v) is 6.81. The predicted molar refractivity (Wildman–Crippen MR) is 98.0 cm³/mol. The molecule has 1 heterocycles. The molecule has 1 aliphatic heterocycles. The van der Waals surface area contributed by atoms with Gasteiger partial charge in [0.05, 0.1) is 12.1 Å². The molecular formula is C18H20ClFN2OS. The Kier molecular flexibility index (Phi) is 6.66. The predicted octanol–water partition coefficient (Wildman–Crippen LogP) is 3.47. The molecule has 3 rings (SSSR count). The average molecular weight is 367 g/mol. The van der Waals surface area contributed by atoms with E-state index in [1.165, 1.54) is 12.1 Å². The highest BCUT2D eigenvalue weighted by molar-refractivity contribution is 7.99. The Bertz CT molecular complexity index is 699. The van der Waals surface area contributed by atoms with Crippen LogP contribution in [0.4, 0.5) is 4.39 Å². The molecule has 1 amide bonds. The fourth-order valence-corrected chi connectivity index (χ4v) is 3.86. The molecule has 0 fully saturated rings. The van der Waals surface area contributed by atoms with Crippen LogP contribution in [0.3, 0.4) is 0 Å². The molecule has 3 nitrogen and oxygen atoms in total. The van der Waals surface area contributed by atoms with E-state index in [0.29, 0.717) is 6.42 Å². The lowest BCUT2D eigenvalue weighted by atomic mass is 10.0. The SMILES string of the molecule is Cl.NC(Cc1ccccc1)C(=O)NC1CCSc2ccc(F)cc21. The number of carbonyl (C=O) groups is 1. The smallest absolute Gasteiger partial charge is 0.237 e. The largest absolute Gasteiger partial charge is 0.348 e. The van der Waals surface area contributed by atoms with Crippen molar-refractivity contribution < 1.29 is 9.18 Å². The van der Waals surface area contributed by atoms with E-state index in [9.17, 15) is 9.18 Å². The molecule has 24 heavy (non-hydrogen) atoms. The minimum absolute atomic E-state index is 0. The number of fused-ring (bicyclic) bond motifs is 1. The Morgan fingerprint density at radius 3 is 2.79 bits per heavy atom. The molecule has 0 saturated heterocycles. The maximum Gasteiger partial charge on any atom is 0.237 e. The van der Waals surface area contributed by atoms with Crippen LogP contribution in [0.15, 0.2) is 53.4 Å². The Balaban J connectivity index is 0.00000208. The van der Waals surface area contributed by atoms with Gasteiger partial charge < -0.3 is 11.1 Å². The van der Waals surface area contributed by atoms with Crippen molar-refractivity contribution in [3.05, 3.63) is 65.5 Å². The molecule has 0 bridgehead atoms. The molecule has 2 atom stereocenters. The number of nitrogens with one attached hydrogen (secondary N) is 1. The molecule has 0 radical (unpaired) electrons. The standard InChI is InChI=1S/C18H19FN2OS.ClH/c19-13-6-7-17-14(11-13)16(8-9-23-17)21-18(22)15(20)10-12-4-2-1-3-5-12;/h1-7,11,15-16H,8-10,20H2,(H,21,22);1H. The first-order valence-corrected chi connectivity index (χ1v) is 8.64. The van der Waals surface area contributed by atoms with Crippen molar-refractivity contribution in [2.24, 2.45) is 5.73 Å². The molecule has 128 valence electrons. The van der Waals surface area contributed by atoms with Gasteiger partial charge in [-0.15, -0.1) is 24.2 Å². The first kappa shape index (κ1) is 18.8. The number of thioether (sulfide) groups is 1. The van der Waals surface area contributed by atoms with Crippen LogP contribution in [0.5, 0.6) is 0 Å². The lowest BCUT2D eigenvalue weighted by Gasteiger charge is -2.27. The van der Waals surface area contributed by atoms with E-state index < -0.39 is 6.04 Å². The lowest BCUT2D eigenvalue weighted by molar-refractivity contribution is -0.123. The van der Waals surface area contributed by atoms with Crippen molar-refractivity contribution >= 4 is 30.1 Å². The van der Waals surface area contributed by atoms with Crippen LogP contribution in [0.1, 0.15) is 23.6 Å². The fraction of sp³-hybridized carbons (Fsp3) is 0.278. The van der Waals surface area contributed by atoms with E-state index in [-0.39, 0.29) is 30.2 Å². The van der Waals surface area contributed by atoms with Gasteiger partial charge in [-0.1, -0.05) is 30.3 Å². The number of amides is 1. The average Bonchev–Trinajstić information content (AvgIpc) is 2.56. The minimum atomic E-state index is -0.607. The summed E-state index contributed by atoms with van der Waals surface area (Å²) in [7, 11) is 0. The first-order valence-electron chi connectivity index (χ1n) is 7.65. The zero-order valence-corrected chi connectivity index (χ0v) is 14.7. The molecule has 3 N–H and O–H groups in total. The number of nitrogens with two attached hydrogens (primary N) is 1. The Morgan fingerprint density at radius 2 is 2.04 bits per heavy atom. The number of rotatable bonds is 4. The van der Waals surface area contributed by atoms with E-state index >= 15 is 0 Å². The third-order valence-electron chi connectivity index (χ3n) is 3.96. The summed E-state index contributed by atoms with van der Waals surface area (Å²) in [6.45, 7) is 0. The summed E-state index contributed by atoms with van der Waals surface area (Å²) < 4.78 is 13.5. The van der Waals surface area contributed by atoms with Gasteiger partial charge >= 0.3 is 0 Å². The van der Waals surface area contributed by atoms with E-state index in [4.69, 9.17) is 5.73 Å². The van der Waals surface area contributed by atoms with Crippen molar-refractivity contribution in [3.63, 3.8) is 0 Å². The summed E-state index contributed by atoms with van der Waals surface area (Å²) in [5.41, 5.74) is 7.90. The summed E-state index contributed by atoms with van der Waals surface area (Å²) in [5, 5.41) is 2.98. The second-order valence-electron chi connectivity index (χ2n) is 5.68. The van der Waals surface area contributed by atoms with Gasteiger partial charge in [0.1, 0.15) is 5.82 Å². The van der Waals surface area contributed by atoms with Gasteiger partial charge in [0, 0.05) is 10.6 Å². The summed E-state index contributed by atoms with van der Waals surface area (Å²) in [5.74, 6) is 0.428. The van der Waals surface area contributed by atoms with E-state index in [1.807, 2.05) is 30.3 Å². The third kappa shape index (κ3) is 4.50. The number of hydrogen-bond donors (Lipinski definition) is 2. The van der Waals surface area contributed by atoms with Crippen LogP contribution >= 0.6 is 24.2 Å². The summed E-state index contributed by atoms with van der Waals surface area (Å²) >= 11 is 1.69. The van der Waals surface area contributed by atoms with Crippen LogP contribution in [-0.2, 0) is 11.2 Å². The summed E-state index contributed by atoms with van der Waals surface area (Å²) in [4.78, 5) is 13.4. The Labute approximate surface area is 151 Å². The van der Waals surface area contributed by atoms with Crippen molar-refractivity contribution in [3.8, 4) is 0 Å². The minimum Gasteiger partial charge on any atom is -0.348 e. The topological polar surface area (TPSA) is 55.1 Å². The molecule has 2 aromatic carbocycles. The lowest BCUT2D eigenvalue weighted by Crippen LogP contribution is -2.44. The number of carbonyl (C=O) groups excluding carboxylic acids is 1. The summed E-state index contributed by atoms with van der Waals surface area (Å²) in [6, 6.07) is 13.7. The molecule has 2 aromatic rings. The highest BCUT2D eigenvalue weighted by atomic mass is 35.5. The Morgan fingerprint density at radius 1 is 1.29 bits per heavy atom. The van der Waals surface area contributed by atoms with Gasteiger partial charge in [0.15, 0.2) is 0 Å².